The fourth-order valence-corrected chi connectivity index (χ4v) is 4.91. The molecule has 0 N–H and O–H groups in total. The number of hydrogen-bond donors (Lipinski definition) is 0. The highest BCUT2D eigenvalue weighted by Gasteiger charge is 2.23. The molecule has 0 saturated carbocycles. The number of fused-ring (bicyclic) bond motifs is 1. The van der Waals surface area contributed by atoms with Crippen LogP contribution in [0.5, 0.6) is 0 Å². The molecule has 1 amide bonds. The molecule has 1 aromatic carbocycles. The molecule has 0 atom stereocenters. The normalized spacial score (nSPS) is 14.3. The number of pyridine rings is 1. The van der Waals surface area contributed by atoms with E-state index in [2.05, 4.69) is 22.0 Å². The van der Waals surface area contributed by atoms with Crippen LogP contribution in [0, 0.1) is 6.92 Å². The highest BCUT2D eigenvalue weighted by Crippen LogP contribution is 2.28. The summed E-state index contributed by atoms with van der Waals surface area (Å²) < 4.78 is 2.45. The molecule has 31 heavy (non-hydrogen) atoms. The van der Waals surface area contributed by atoms with Gasteiger partial charge in [0.05, 0.1) is 11.1 Å². The van der Waals surface area contributed by atoms with Crippen molar-refractivity contribution in [2.45, 2.75) is 11.8 Å². The van der Waals surface area contributed by atoms with E-state index in [9.17, 15) is 14.4 Å². The minimum Gasteiger partial charge on any atom is -0.368 e. The quantitative estimate of drug-likeness (QED) is 0.572. The number of carbonyl (C=O) groups is 1. The highest BCUT2D eigenvalue weighted by atomic mass is 32.2. The maximum absolute atomic E-state index is 12.9. The van der Waals surface area contributed by atoms with Crippen LogP contribution in [0.2, 0.25) is 0 Å². The summed E-state index contributed by atoms with van der Waals surface area (Å²) in [5.41, 5.74) is 1.52. The first-order valence-corrected chi connectivity index (χ1v) is 11.1. The Morgan fingerprint density at radius 3 is 2.39 bits per heavy atom. The summed E-state index contributed by atoms with van der Waals surface area (Å²) in [6.45, 7) is 4.78. The summed E-state index contributed by atoms with van der Waals surface area (Å²) in [6.07, 6.45) is 1.65. The predicted molar refractivity (Wildman–Crippen MR) is 123 cm³/mol. The molecule has 2 aromatic heterocycles. The number of benzene rings is 1. The number of anilines is 1. The van der Waals surface area contributed by atoms with Crippen LogP contribution in [0.25, 0.3) is 11.0 Å². The minimum atomic E-state index is -0.419. The van der Waals surface area contributed by atoms with Crippen molar-refractivity contribution in [3.63, 3.8) is 0 Å². The topological polar surface area (TPSA) is 80.4 Å². The summed E-state index contributed by atoms with van der Waals surface area (Å²) in [4.78, 5) is 47.0. The fraction of sp³-hybridized carbons (Fsp3) is 0.364. The van der Waals surface area contributed by atoms with E-state index in [1.165, 1.54) is 29.1 Å². The van der Waals surface area contributed by atoms with Gasteiger partial charge < -0.3 is 9.80 Å². The van der Waals surface area contributed by atoms with Crippen molar-refractivity contribution in [3.8, 4) is 0 Å². The zero-order valence-corrected chi connectivity index (χ0v) is 18.7. The third kappa shape index (κ3) is 3.97. The number of nitrogens with zero attached hydrogens (tertiary/aromatic N) is 5. The van der Waals surface area contributed by atoms with Gasteiger partial charge in [0, 0.05) is 57.1 Å². The molecule has 3 heterocycles. The summed E-state index contributed by atoms with van der Waals surface area (Å²) in [5, 5.41) is 0.385. The van der Waals surface area contributed by atoms with Gasteiger partial charge in [0.15, 0.2) is 0 Å². The number of amides is 1. The lowest BCUT2D eigenvalue weighted by Gasteiger charge is -2.36. The van der Waals surface area contributed by atoms with Gasteiger partial charge in [-0.25, -0.2) is 9.78 Å². The van der Waals surface area contributed by atoms with Gasteiger partial charge in [-0.15, -0.1) is 11.8 Å². The lowest BCUT2D eigenvalue weighted by atomic mass is 10.2. The standard InChI is InChI=1S/C22H25N5O3S/c1-15-13-23-20-18(21(29)25(3)22(30)24(20)2)19(15)31-14-17(28)27-11-9-26(10-12-27)16-7-5-4-6-8-16/h4-8,13H,9-12,14H2,1-3H3. The summed E-state index contributed by atoms with van der Waals surface area (Å²) in [6, 6.07) is 10.2. The number of para-hydroxylation sites is 1. The molecule has 0 spiro atoms. The second-order valence-electron chi connectivity index (χ2n) is 7.67. The number of aryl methyl sites for hydroxylation is 2. The molecule has 1 saturated heterocycles. The molecule has 162 valence electrons. The van der Waals surface area contributed by atoms with Gasteiger partial charge in [0.2, 0.25) is 5.91 Å². The molecule has 0 aliphatic carbocycles. The number of piperazine rings is 1. The Kier molecular flexibility index (Phi) is 5.86. The molecule has 0 radical (unpaired) electrons. The molecule has 0 bridgehead atoms. The average Bonchev–Trinajstić information content (AvgIpc) is 2.80. The van der Waals surface area contributed by atoms with Gasteiger partial charge >= 0.3 is 5.69 Å². The van der Waals surface area contributed by atoms with Crippen molar-refractivity contribution in [2.24, 2.45) is 14.1 Å². The monoisotopic (exact) mass is 439 g/mol. The van der Waals surface area contributed by atoms with Crippen LogP contribution in [0.3, 0.4) is 0 Å². The Hall–Kier alpha value is -3.07. The van der Waals surface area contributed by atoms with Crippen LogP contribution in [0.1, 0.15) is 5.56 Å². The van der Waals surface area contributed by atoms with E-state index in [0.717, 1.165) is 23.2 Å². The SMILES string of the molecule is Cc1cnc2c(c1SCC(=O)N1CCN(c3ccccc3)CC1)c(=O)n(C)c(=O)n2C. The average molecular weight is 440 g/mol. The number of aromatic nitrogens is 3. The molecule has 9 heteroatoms. The Morgan fingerprint density at radius 1 is 1.03 bits per heavy atom. The van der Waals surface area contributed by atoms with Gasteiger partial charge in [-0.3, -0.25) is 18.7 Å². The molecular formula is C22H25N5O3S. The maximum Gasteiger partial charge on any atom is 0.332 e. The number of rotatable bonds is 4. The molecule has 4 rings (SSSR count). The first kappa shape index (κ1) is 21.2. The van der Waals surface area contributed by atoms with Crippen molar-refractivity contribution in [3.05, 3.63) is 62.9 Å². The van der Waals surface area contributed by atoms with Crippen LogP contribution in [-0.2, 0) is 18.9 Å². The van der Waals surface area contributed by atoms with Gasteiger partial charge in [-0.1, -0.05) is 18.2 Å². The van der Waals surface area contributed by atoms with E-state index in [1.54, 1.807) is 13.2 Å². The van der Waals surface area contributed by atoms with E-state index in [1.807, 2.05) is 30.0 Å². The molecule has 1 aliphatic heterocycles. The Morgan fingerprint density at radius 2 is 1.71 bits per heavy atom. The Labute approximate surface area is 184 Å². The number of carbonyl (C=O) groups excluding carboxylic acids is 1. The largest absolute Gasteiger partial charge is 0.368 e. The zero-order chi connectivity index (χ0) is 22.1. The highest BCUT2D eigenvalue weighted by molar-refractivity contribution is 8.00. The molecule has 1 fully saturated rings. The van der Waals surface area contributed by atoms with E-state index in [-0.39, 0.29) is 17.2 Å². The second kappa shape index (κ2) is 8.58. The molecular weight excluding hydrogens is 414 g/mol. The third-order valence-corrected chi connectivity index (χ3v) is 6.90. The zero-order valence-electron chi connectivity index (χ0n) is 17.9. The van der Waals surface area contributed by atoms with Crippen LogP contribution in [0.15, 0.2) is 51.0 Å². The van der Waals surface area contributed by atoms with E-state index in [4.69, 9.17) is 0 Å². The second-order valence-corrected chi connectivity index (χ2v) is 8.65. The summed E-state index contributed by atoms with van der Waals surface area (Å²) >= 11 is 1.34. The summed E-state index contributed by atoms with van der Waals surface area (Å²) in [7, 11) is 3.05. The Balaban J connectivity index is 1.50. The van der Waals surface area contributed by atoms with E-state index in [0.29, 0.717) is 29.0 Å². The van der Waals surface area contributed by atoms with Crippen LogP contribution >= 0.6 is 11.8 Å². The first-order valence-electron chi connectivity index (χ1n) is 10.1. The smallest absolute Gasteiger partial charge is 0.332 e. The van der Waals surface area contributed by atoms with Crippen molar-refractivity contribution in [1.29, 1.82) is 0 Å². The van der Waals surface area contributed by atoms with Gasteiger partial charge in [0.1, 0.15) is 5.65 Å². The van der Waals surface area contributed by atoms with Crippen LogP contribution in [0.4, 0.5) is 5.69 Å². The van der Waals surface area contributed by atoms with Crippen LogP contribution < -0.4 is 16.1 Å². The lowest BCUT2D eigenvalue weighted by molar-refractivity contribution is -0.128. The van der Waals surface area contributed by atoms with Gasteiger partial charge in [-0.05, 0) is 24.6 Å². The van der Waals surface area contributed by atoms with Gasteiger partial charge in [-0.2, -0.15) is 0 Å². The van der Waals surface area contributed by atoms with Crippen molar-refractivity contribution in [2.75, 3.05) is 36.8 Å². The van der Waals surface area contributed by atoms with E-state index < -0.39 is 5.69 Å². The van der Waals surface area contributed by atoms with Crippen LogP contribution in [-0.4, -0.2) is 56.9 Å². The molecule has 8 nitrogen and oxygen atoms in total. The van der Waals surface area contributed by atoms with E-state index >= 15 is 0 Å². The third-order valence-electron chi connectivity index (χ3n) is 5.69. The van der Waals surface area contributed by atoms with Crippen molar-refractivity contribution >= 4 is 34.4 Å². The van der Waals surface area contributed by atoms with Gasteiger partial charge in [0.25, 0.3) is 5.56 Å². The molecule has 3 aromatic rings. The molecule has 1 aliphatic rings. The Bertz CT molecular complexity index is 1240. The van der Waals surface area contributed by atoms with Crippen molar-refractivity contribution in [1.82, 2.24) is 19.0 Å². The fourth-order valence-electron chi connectivity index (χ4n) is 3.86. The maximum atomic E-state index is 12.9. The first-order chi connectivity index (χ1) is 14.9. The summed E-state index contributed by atoms with van der Waals surface area (Å²) in [5.74, 6) is 0.279. The number of hydrogen-bond acceptors (Lipinski definition) is 6. The minimum absolute atomic E-state index is 0.0451. The number of thioether (sulfide) groups is 1. The predicted octanol–water partition coefficient (Wildman–Crippen LogP) is 1.38. The lowest BCUT2D eigenvalue weighted by Crippen LogP contribution is -2.49. The molecule has 0 unspecified atom stereocenters. The van der Waals surface area contributed by atoms with Crippen molar-refractivity contribution < 1.29 is 4.79 Å².